The molecule has 2 amide bonds. The van der Waals surface area contributed by atoms with Gasteiger partial charge in [-0.3, -0.25) is 20.4 Å². The molecule has 1 aromatic heterocycles. The maximum Gasteiger partial charge on any atom is 0.249 e. The minimum absolute atomic E-state index is 0.0548. The van der Waals surface area contributed by atoms with Gasteiger partial charge in [0.15, 0.2) is 0 Å². The molecule has 2 saturated heterocycles. The fourth-order valence-corrected chi connectivity index (χ4v) is 5.37. The van der Waals surface area contributed by atoms with Crippen LogP contribution >= 0.6 is 11.8 Å². The molecule has 0 saturated carbocycles. The number of aromatic nitrogens is 2. The largest absolute Gasteiger partial charge is 0.457 e. The number of hydrogen-bond donors (Lipinski definition) is 2. The molecule has 3 heterocycles. The van der Waals surface area contributed by atoms with E-state index < -0.39 is 0 Å². The summed E-state index contributed by atoms with van der Waals surface area (Å²) >= 11 is 1.15. The van der Waals surface area contributed by atoms with Crippen LogP contribution < -0.4 is 4.74 Å². The highest BCUT2D eigenvalue weighted by atomic mass is 32.2. The molecule has 208 valence electrons. The lowest BCUT2D eigenvalue weighted by Crippen LogP contribution is -2.24. The Labute approximate surface area is 237 Å². The van der Waals surface area contributed by atoms with Crippen molar-refractivity contribution in [1.29, 1.82) is 10.8 Å². The molecule has 3 aromatic rings. The van der Waals surface area contributed by atoms with Gasteiger partial charge in [0, 0.05) is 55.6 Å². The number of benzene rings is 2. The van der Waals surface area contributed by atoms with Gasteiger partial charge in [0.05, 0.1) is 5.04 Å². The molecule has 0 spiro atoms. The van der Waals surface area contributed by atoms with Crippen molar-refractivity contribution in [3.63, 3.8) is 0 Å². The normalized spacial score (nSPS) is 17.2. The van der Waals surface area contributed by atoms with Crippen LogP contribution in [0.3, 0.4) is 0 Å². The number of thioether (sulfide) groups is 1. The first-order valence-corrected chi connectivity index (χ1v) is 14.1. The van der Waals surface area contributed by atoms with Crippen molar-refractivity contribution in [3.8, 4) is 22.9 Å². The van der Waals surface area contributed by atoms with Crippen LogP contribution in [-0.2, 0) is 16.1 Å². The molecule has 2 aromatic carbocycles. The second-order valence-electron chi connectivity index (χ2n) is 10.3. The lowest BCUT2D eigenvalue weighted by molar-refractivity contribution is -0.128. The summed E-state index contributed by atoms with van der Waals surface area (Å²) in [5.41, 5.74) is 2.24. The quantitative estimate of drug-likeness (QED) is 0.269. The molecular formula is C29H32N6O4S. The fourth-order valence-electron chi connectivity index (χ4n) is 4.67. The van der Waals surface area contributed by atoms with E-state index >= 15 is 0 Å². The van der Waals surface area contributed by atoms with Crippen LogP contribution in [0.25, 0.3) is 11.4 Å². The Hall–Kier alpha value is -3.99. The van der Waals surface area contributed by atoms with Crippen LogP contribution in [-0.4, -0.2) is 55.4 Å². The Balaban J connectivity index is 1.39. The third kappa shape index (κ3) is 5.94. The summed E-state index contributed by atoms with van der Waals surface area (Å²) in [5, 5.41) is 21.3. The van der Waals surface area contributed by atoms with Crippen molar-refractivity contribution in [2.24, 2.45) is 5.92 Å². The SMILES string of the molecule is CC(C)C(=N)SC(=N)c1ccc(Oc2cc(-c3noc(C4CCC(=O)N4C)n3)ccc2CN2CCCC2=O)cc1. The van der Waals surface area contributed by atoms with E-state index in [0.29, 0.717) is 76.8 Å². The van der Waals surface area contributed by atoms with Crippen molar-refractivity contribution in [2.45, 2.75) is 52.1 Å². The lowest BCUT2D eigenvalue weighted by atomic mass is 10.1. The summed E-state index contributed by atoms with van der Waals surface area (Å²) in [6, 6.07) is 12.6. The zero-order valence-corrected chi connectivity index (χ0v) is 23.6. The van der Waals surface area contributed by atoms with Crippen LogP contribution in [0.15, 0.2) is 47.0 Å². The first kappa shape index (κ1) is 27.6. The van der Waals surface area contributed by atoms with Crippen LogP contribution in [0.4, 0.5) is 0 Å². The zero-order chi connectivity index (χ0) is 28.4. The molecule has 0 bridgehead atoms. The summed E-state index contributed by atoms with van der Waals surface area (Å²) in [6.45, 7) is 5.01. The van der Waals surface area contributed by atoms with Crippen molar-refractivity contribution in [1.82, 2.24) is 19.9 Å². The third-order valence-corrected chi connectivity index (χ3v) is 8.29. The van der Waals surface area contributed by atoms with Crippen LogP contribution in [0.2, 0.25) is 0 Å². The van der Waals surface area contributed by atoms with E-state index in [-0.39, 0.29) is 23.8 Å². The summed E-state index contributed by atoms with van der Waals surface area (Å²) < 4.78 is 11.8. The Morgan fingerprint density at radius 3 is 2.55 bits per heavy atom. The predicted molar refractivity (Wildman–Crippen MR) is 153 cm³/mol. The van der Waals surface area contributed by atoms with E-state index in [9.17, 15) is 9.59 Å². The first-order valence-electron chi connectivity index (χ1n) is 13.3. The van der Waals surface area contributed by atoms with Gasteiger partial charge < -0.3 is 19.1 Å². The number of ether oxygens (including phenoxy) is 1. The zero-order valence-electron chi connectivity index (χ0n) is 22.8. The predicted octanol–water partition coefficient (Wildman–Crippen LogP) is 5.64. The molecule has 2 fully saturated rings. The highest BCUT2D eigenvalue weighted by molar-refractivity contribution is 8.26. The number of carbonyl (C=O) groups is 2. The number of carbonyl (C=O) groups excluding carboxylic acids is 2. The molecule has 1 atom stereocenters. The molecular weight excluding hydrogens is 528 g/mol. The monoisotopic (exact) mass is 560 g/mol. The minimum Gasteiger partial charge on any atom is -0.457 e. The van der Waals surface area contributed by atoms with Crippen molar-refractivity contribution >= 4 is 33.7 Å². The van der Waals surface area contributed by atoms with Gasteiger partial charge in [-0.15, -0.1) is 0 Å². The maximum absolute atomic E-state index is 12.3. The van der Waals surface area contributed by atoms with Gasteiger partial charge in [-0.1, -0.05) is 42.9 Å². The minimum atomic E-state index is -0.232. The number of rotatable bonds is 8. The van der Waals surface area contributed by atoms with Gasteiger partial charge in [-0.2, -0.15) is 4.98 Å². The highest BCUT2D eigenvalue weighted by Gasteiger charge is 2.33. The van der Waals surface area contributed by atoms with E-state index in [1.807, 2.05) is 36.9 Å². The first-order chi connectivity index (χ1) is 19.2. The topological polar surface area (TPSA) is 136 Å². The van der Waals surface area contributed by atoms with Gasteiger partial charge >= 0.3 is 0 Å². The number of nitrogens with one attached hydrogen (secondary N) is 2. The van der Waals surface area contributed by atoms with Gasteiger partial charge in [0.25, 0.3) is 0 Å². The average Bonchev–Trinajstić information content (AvgIpc) is 3.66. The van der Waals surface area contributed by atoms with E-state index in [1.165, 1.54) is 0 Å². The Bertz CT molecular complexity index is 1450. The fraction of sp³-hybridized carbons (Fsp3) is 0.379. The molecule has 11 heteroatoms. The summed E-state index contributed by atoms with van der Waals surface area (Å²) in [6.07, 6.45) is 2.49. The number of amides is 2. The van der Waals surface area contributed by atoms with Gasteiger partial charge in [0.2, 0.25) is 23.5 Å². The molecule has 40 heavy (non-hydrogen) atoms. The molecule has 5 rings (SSSR count). The molecule has 2 aliphatic rings. The molecule has 1 unspecified atom stereocenters. The van der Waals surface area contributed by atoms with E-state index in [0.717, 1.165) is 23.7 Å². The van der Waals surface area contributed by atoms with Crippen molar-refractivity contribution < 1.29 is 18.8 Å². The van der Waals surface area contributed by atoms with Crippen molar-refractivity contribution in [3.05, 3.63) is 59.5 Å². The van der Waals surface area contributed by atoms with E-state index in [2.05, 4.69) is 10.1 Å². The van der Waals surface area contributed by atoms with Gasteiger partial charge in [-0.25, -0.2) is 0 Å². The molecule has 2 N–H and O–H groups in total. The van der Waals surface area contributed by atoms with Gasteiger partial charge in [-0.05, 0) is 43.2 Å². The Kier molecular flexibility index (Phi) is 8.02. The second kappa shape index (κ2) is 11.6. The van der Waals surface area contributed by atoms with Crippen LogP contribution in [0, 0.1) is 16.7 Å². The standard InChI is InChI=1S/C29H32N6O4S/c1-17(2)26(30)40-27(31)18-8-10-21(11-9-18)38-23-15-19(6-7-20(23)16-35-14-4-5-25(35)37)28-32-29(39-33-28)22-12-13-24(36)34(22)3/h6-11,15,17,22,30-31H,4-5,12-14,16H2,1-3H3. The smallest absolute Gasteiger partial charge is 0.249 e. The number of likely N-dealkylation sites (tertiary alicyclic amines) is 2. The van der Waals surface area contributed by atoms with Crippen LogP contribution in [0.5, 0.6) is 11.5 Å². The molecule has 10 nitrogen and oxygen atoms in total. The third-order valence-electron chi connectivity index (χ3n) is 7.16. The Morgan fingerprint density at radius 2 is 1.90 bits per heavy atom. The van der Waals surface area contributed by atoms with E-state index in [1.54, 1.807) is 36.2 Å². The lowest BCUT2D eigenvalue weighted by Gasteiger charge is -2.19. The highest BCUT2D eigenvalue weighted by Crippen LogP contribution is 2.34. The number of nitrogens with zero attached hydrogens (tertiary/aromatic N) is 4. The summed E-state index contributed by atoms with van der Waals surface area (Å²) in [5.74, 6) is 2.18. The average molecular weight is 561 g/mol. The molecule has 2 aliphatic heterocycles. The van der Waals surface area contributed by atoms with Crippen molar-refractivity contribution in [2.75, 3.05) is 13.6 Å². The maximum atomic E-state index is 12.3. The summed E-state index contributed by atoms with van der Waals surface area (Å²) in [7, 11) is 1.74. The second-order valence-corrected chi connectivity index (χ2v) is 11.4. The summed E-state index contributed by atoms with van der Waals surface area (Å²) in [4.78, 5) is 32.3. The molecule has 0 radical (unpaired) electrons. The van der Waals surface area contributed by atoms with Crippen LogP contribution in [0.1, 0.15) is 62.6 Å². The Morgan fingerprint density at radius 1 is 1.12 bits per heavy atom. The molecule has 0 aliphatic carbocycles. The van der Waals surface area contributed by atoms with Gasteiger partial charge in [0.1, 0.15) is 22.6 Å². The number of hydrogen-bond acceptors (Lipinski definition) is 9. The van der Waals surface area contributed by atoms with E-state index in [4.69, 9.17) is 20.1 Å².